The molecule has 2 aromatic heterocycles. The summed E-state index contributed by atoms with van der Waals surface area (Å²) in [5, 5.41) is 11.2. The number of methoxy groups -OCH3 is 1. The molecule has 31 heavy (non-hydrogen) atoms. The Morgan fingerprint density at radius 3 is 2.90 bits per heavy atom. The first-order chi connectivity index (χ1) is 15.1. The van der Waals surface area contributed by atoms with Gasteiger partial charge in [0.15, 0.2) is 0 Å². The Hall–Kier alpha value is -3.94. The molecule has 8 nitrogen and oxygen atoms in total. The summed E-state index contributed by atoms with van der Waals surface area (Å²) in [6, 6.07) is 15.1. The fourth-order valence-corrected chi connectivity index (χ4v) is 3.76. The number of aromatic nitrogens is 4. The highest BCUT2D eigenvalue weighted by Crippen LogP contribution is 2.32. The normalized spacial score (nSPS) is 14.8. The molecule has 1 aliphatic rings. The first-order valence-electron chi connectivity index (χ1n) is 10.0. The SMILES string of the molecule is COc1ccc(-c2ccc3c(c2)C[C@H](CNC(=O)c2ccc4nc(C)[nH]c4c2)O3)nn1. The number of benzene rings is 2. The van der Waals surface area contributed by atoms with Crippen LogP contribution in [-0.4, -0.2) is 45.8 Å². The van der Waals surface area contributed by atoms with Crippen molar-refractivity contribution in [1.29, 1.82) is 0 Å². The first kappa shape index (κ1) is 19.0. The van der Waals surface area contributed by atoms with E-state index < -0.39 is 0 Å². The number of imidazole rings is 1. The Labute approximate surface area is 178 Å². The van der Waals surface area contributed by atoms with Crippen LogP contribution in [0.2, 0.25) is 0 Å². The van der Waals surface area contributed by atoms with E-state index >= 15 is 0 Å². The Morgan fingerprint density at radius 1 is 1.19 bits per heavy atom. The Morgan fingerprint density at radius 2 is 2.10 bits per heavy atom. The van der Waals surface area contributed by atoms with E-state index in [2.05, 4.69) is 31.5 Å². The predicted octanol–water partition coefficient (Wildman–Crippen LogP) is 3.07. The van der Waals surface area contributed by atoms with Crippen LogP contribution in [0.25, 0.3) is 22.3 Å². The van der Waals surface area contributed by atoms with Crippen molar-refractivity contribution in [2.45, 2.75) is 19.4 Å². The second-order valence-corrected chi connectivity index (χ2v) is 7.49. The highest BCUT2D eigenvalue weighted by atomic mass is 16.5. The van der Waals surface area contributed by atoms with Crippen LogP contribution in [0.1, 0.15) is 21.7 Å². The standard InChI is InChI=1S/C23H21N5O3/c1-13-25-19-5-3-15(11-20(19)26-13)23(29)24-12-17-10-16-9-14(4-7-21(16)31-17)18-6-8-22(30-2)28-27-18/h3-9,11,17H,10,12H2,1-2H3,(H,24,29)(H,25,26)/t17-/m1/s1. The number of ether oxygens (including phenoxy) is 2. The Balaban J connectivity index is 1.23. The number of aromatic amines is 1. The highest BCUT2D eigenvalue weighted by Gasteiger charge is 2.24. The predicted molar refractivity (Wildman–Crippen MR) is 115 cm³/mol. The number of carbonyl (C=O) groups excluding carboxylic acids is 1. The topological polar surface area (TPSA) is 102 Å². The van der Waals surface area contributed by atoms with E-state index in [0.29, 0.717) is 24.4 Å². The van der Waals surface area contributed by atoms with Crippen molar-refractivity contribution in [3.8, 4) is 22.9 Å². The molecule has 4 aromatic rings. The fraction of sp³-hybridized carbons (Fsp3) is 0.217. The number of hydrogen-bond acceptors (Lipinski definition) is 6. The molecule has 0 spiro atoms. The van der Waals surface area contributed by atoms with E-state index in [4.69, 9.17) is 9.47 Å². The minimum atomic E-state index is -0.136. The highest BCUT2D eigenvalue weighted by molar-refractivity contribution is 5.97. The van der Waals surface area contributed by atoms with Gasteiger partial charge in [0, 0.05) is 23.6 Å². The molecule has 2 N–H and O–H groups in total. The molecular weight excluding hydrogens is 394 g/mol. The molecule has 0 radical (unpaired) electrons. The number of nitrogens with zero attached hydrogens (tertiary/aromatic N) is 3. The molecule has 3 heterocycles. The van der Waals surface area contributed by atoms with Crippen molar-refractivity contribution < 1.29 is 14.3 Å². The lowest BCUT2D eigenvalue weighted by molar-refractivity contribution is 0.0933. The van der Waals surface area contributed by atoms with E-state index in [1.165, 1.54) is 0 Å². The molecule has 156 valence electrons. The van der Waals surface area contributed by atoms with E-state index in [0.717, 1.165) is 39.4 Å². The van der Waals surface area contributed by atoms with Crippen LogP contribution in [0, 0.1) is 6.92 Å². The molecule has 0 aliphatic carbocycles. The molecule has 1 atom stereocenters. The largest absolute Gasteiger partial charge is 0.488 e. The Kier molecular flexibility index (Phi) is 4.74. The third-order valence-corrected chi connectivity index (χ3v) is 5.30. The summed E-state index contributed by atoms with van der Waals surface area (Å²) >= 11 is 0. The number of fused-ring (bicyclic) bond motifs is 2. The number of aryl methyl sites for hydroxylation is 1. The van der Waals surface area contributed by atoms with Gasteiger partial charge in [0.25, 0.3) is 5.91 Å². The van der Waals surface area contributed by atoms with E-state index in [1.54, 1.807) is 19.2 Å². The summed E-state index contributed by atoms with van der Waals surface area (Å²) in [4.78, 5) is 20.1. The second-order valence-electron chi connectivity index (χ2n) is 7.49. The maximum absolute atomic E-state index is 12.6. The zero-order valence-electron chi connectivity index (χ0n) is 17.2. The van der Waals surface area contributed by atoms with Gasteiger partial charge >= 0.3 is 0 Å². The average molecular weight is 415 g/mol. The Bertz CT molecular complexity index is 1270. The van der Waals surface area contributed by atoms with Crippen molar-refractivity contribution in [1.82, 2.24) is 25.5 Å². The fourth-order valence-electron chi connectivity index (χ4n) is 3.76. The molecule has 0 saturated heterocycles. The molecular formula is C23H21N5O3. The summed E-state index contributed by atoms with van der Waals surface area (Å²) in [6.45, 7) is 2.31. The van der Waals surface area contributed by atoms with Crippen LogP contribution in [0.5, 0.6) is 11.6 Å². The van der Waals surface area contributed by atoms with Crippen LogP contribution in [0.3, 0.4) is 0 Å². The molecule has 1 aliphatic heterocycles. The van der Waals surface area contributed by atoms with Gasteiger partial charge in [-0.3, -0.25) is 4.79 Å². The van der Waals surface area contributed by atoms with Gasteiger partial charge in [-0.25, -0.2) is 4.98 Å². The lowest BCUT2D eigenvalue weighted by Gasteiger charge is -2.12. The average Bonchev–Trinajstić information content (AvgIpc) is 3.38. The second kappa shape index (κ2) is 7.71. The number of nitrogens with one attached hydrogen (secondary N) is 2. The van der Waals surface area contributed by atoms with Crippen LogP contribution < -0.4 is 14.8 Å². The molecule has 0 saturated carbocycles. The number of rotatable bonds is 5. The minimum Gasteiger partial charge on any atom is -0.488 e. The zero-order valence-corrected chi connectivity index (χ0v) is 17.2. The van der Waals surface area contributed by atoms with Crippen molar-refractivity contribution >= 4 is 16.9 Å². The third kappa shape index (κ3) is 3.79. The molecule has 2 aromatic carbocycles. The molecule has 0 unspecified atom stereocenters. The maximum atomic E-state index is 12.6. The van der Waals surface area contributed by atoms with E-state index in [9.17, 15) is 4.79 Å². The minimum absolute atomic E-state index is 0.116. The van der Waals surface area contributed by atoms with Crippen molar-refractivity contribution in [3.05, 3.63) is 65.5 Å². The monoisotopic (exact) mass is 415 g/mol. The number of amides is 1. The summed E-state index contributed by atoms with van der Waals surface area (Å²) in [5.41, 5.74) is 5.11. The molecule has 1 amide bonds. The number of carbonyl (C=O) groups is 1. The van der Waals surface area contributed by atoms with Gasteiger partial charge in [-0.05, 0) is 55.0 Å². The van der Waals surface area contributed by atoms with E-state index in [-0.39, 0.29) is 12.0 Å². The lowest BCUT2D eigenvalue weighted by Crippen LogP contribution is -2.34. The summed E-state index contributed by atoms with van der Waals surface area (Å²) in [6.07, 6.45) is 0.598. The van der Waals surface area contributed by atoms with Crippen molar-refractivity contribution in [2.24, 2.45) is 0 Å². The first-order valence-corrected chi connectivity index (χ1v) is 10.0. The van der Waals surface area contributed by atoms with Crippen LogP contribution >= 0.6 is 0 Å². The van der Waals surface area contributed by atoms with E-state index in [1.807, 2.05) is 37.3 Å². The summed E-state index contributed by atoms with van der Waals surface area (Å²) in [5.74, 6) is 2.00. The maximum Gasteiger partial charge on any atom is 0.251 e. The van der Waals surface area contributed by atoms with Gasteiger partial charge in [-0.15, -0.1) is 10.2 Å². The van der Waals surface area contributed by atoms with Gasteiger partial charge in [0.1, 0.15) is 17.7 Å². The van der Waals surface area contributed by atoms with Gasteiger partial charge in [0.05, 0.1) is 30.4 Å². The number of H-pyrrole nitrogens is 1. The van der Waals surface area contributed by atoms with Crippen LogP contribution in [0.15, 0.2) is 48.5 Å². The van der Waals surface area contributed by atoms with Gasteiger partial charge in [-0.2, -0.15) is 0 Å². The molecule has 0 bridgehead atoms. The van der Waals surface area contributed by atoms with Gasteiger partial charge < -0.3 is 19.8 Å². The molecule has 8 heteroatoms. The summed E-state index contributed by atoms with van der Waals surface area (Å²) in [7, 11) is 1.56. The van der Waals surface area contributed by atoms with Crippen molar-refractivity contribution in [2.75, 3.05) is 13.7 Å². The lowest BCUT2D eigenvalue weighted by atomic mass is 10.0. The van der Waals surface area contributed by atoms with Crippen LogP contribution in [-0.2, 0) is 6.42 Å². The smallest absolute Gasteiger partial charge is 0.251 e. The summed E-state index contributed by atoms with van der Waals surface area (Å²) < 4.78 is 11.1. The number of hydrogen-bond donors (Lipinski definition) is 2. The molecule has 0 fully saturated rings. The molecule has 5 rings (SSSR count). The van der Waals surface area contributed by atoms with Gasteiger partial charge in [-0.1, -0.05) is 0 Å². The quantitative estimate of drug-likeness (QED) is 0.519. The third-order valence-electron chi connectivity index (χ3n) is 5.30. The van der Waals surface area contributed by atoms with Crippen molar-refractivity contribution in [3.63, 3.8) is 0 Å². The zero-order chi connectivity index (χ0) is 21.4. The van der Waals surface area contributed by atoms with Gasteiger partial charge in [0.2, 0.25) is 5.88 Å². The van der Waals surface area contributed by atoms with Crippen LogP contribution in [0.4, 0.5) is 0 Å².